The van der Waals surface area contributed by atoms with E-state index in [-0.39, 0.29) is 25.0 Å². The molecular formula is C9H13N3O4. The van der Waals surface area contributed by atoms with Gasteiger partial charge in [-0.3, -0.25) is 4.79 Å². The highest BCUT2D eigenvalue weighted by molar-refractivity contribution is 5.87. The minimum atomic E-state index is -0.947. The first-order chi connectivity index (χ1) is 7.61. The third-order valence-electron chi connectivity index (χ3n) is 1.57. The van der Waals surface area contributed by atoms with Crippen molar-refractivity contribution in [1.82, 2.24) is 9.97 Å². The number of ether oxygens (including phenoxy) is 1. The molecule has 0 aliphatic heterocycles. The summed E-state index contributed by atoms with van der Waals surface area (Å²) in [6.45, 7) is 0.922. The van der Waals surface area contributed by atoms with Crippen molar-refractivity contribution < 1.29 is 19.7 Å². The number of carbonyl (C=O) groups excluding carboxylic acids is 1. The fourth-order valence-electron chi connectivity index (χ4n) is 0.870. The standard InChI is InChI=1S/C9H13N3O4/c1-6(14)12-8-2-11-9(3-10-8)16-5-7(15)4-13/h2-3,7,13,15H,4-5H2,1H3,(H,10,12,14). The molecule has 7 heteroatoms. The highest BCUT2D eigenvalue weighted by Crippen LogP contribution is 2.07. The van der Waals surface area contributed by atoms with E-state index in [0.717, 1.165) is 0 Å². The van der Waals surface area contributed by atoms with E-state index in [2.05, 4.69) is 15.3 Å². The summed E-state index contributed by atoms with van der Waals surface area (Å²) < 4.78 is 5.02. The van der Waals surface area contributed by atoms with Gasteiger partial charge >= 0.3 is 0 Å². The lowest BCUT2D eigenvalue weighted by Gasteiger charge is -2.08. The lowest BCUT2D eigenvalue weighted by molar-refractivity contribution is -0.114. The van der Waals surface area contributed by atoms with Crippen LogP contribution in [0.3, 0.4) is 0 Å². The van der Waals surface area contributed by atoms with E-state index in [1.165, 1.54) is 19.3 Å². The smallest absolute Gasteiger partial charge is 0.232 e. The number of nitrogens with one attached hydrogen (secondary N) is 1. The van der Waals surface area contributed by atoms with Crippen molar-refractivity contribution in [1.29, 1.82) is 0 Å². The molecule has 0 aliphatic carbocycles. The van der Waals surface area contributed by atoms with E-state index in [1.807, 2.05) is 0 Å². The van der Waals surface area contributed by atoms with Crippen molar-refractivity contribution in [2.45, 2.75) is 13.0 Å². The van der Waals surface area contributed by atoms with Gasteiger partial charge in [0.25, 0.3) is 0 Å². The predicted octanol–water partition coefficient (Wildman–Crippen LogP) is -0.833. The molecule has 1 unspecified atom stereocenters. The normalized spacial score (nSPS) is 11.9. The van der Waals surface area contributed by atoms with Gasteiger partial charge in [-0.05, 0) is 0 Å². The number of hydrogen-bond acceptors (Lipinski definition) is 6. The molecule has 0 saturated carbocycles. The van der Waals surface area contributed by atoms with Gasteiger partial charge in [0.05, 0.1) is 19.0 Å². The van der Waals surface area contributed by atoms with E-state index >= 15 is 0 Å². The van der Waals surface area contributed by atoms with E-state index in [4.69, 9.17) is 14.9 Å². The number of amides is 1. The van der Waals surface area contributed by atoms with Crippen LogP contribution in [0.5, 0.6) is 5.88 Å². The first-order valence-electron chi connectivity index (χ1n) is 4.63. The highest BCUT2D eigenvalue weighted by Gasteiger charge is 2.04. The summed E-state index contributed by atoms with van der Waals surface area (Å²) in [5.41, 5.74) is 0. The zero-order valence-electron chi connectivity index (χ0n) is 8.75. The molecule has 7 nitrogen and oxygen atoms in total. The van der Waals surface area contributed by atoms with Crippen LogP contribution in [0.4, 0.5) is 5.82 Å². The maximum absolute atomic E-state index is 10.7. The quantitative estimate of drug-likeness (QED) is 0.606. The van der Waals surface area contributed by atoms with E-state index in [0.29, 0.717) is 5.82 Å². The van der Waals surface area contributed by atoms with Crippen LogP contribution in [0.1, 0.15) is 6.92 Å². The van der Waals surface area contributed by atoms with Gasteiger partial charge in [0.1, 0.15) is 12.7 Å². The predicted molar refractivity (Wildman–Crippen MR) is 54.9 cm³/mol. The lowest BCUT2D eigenvalue weighted by atomic mass is 10.4. The molecule has 1 atom stereocenters. The minimum Gasteiger partial charge on any atom is -0.474 e. The molecule has 1 aromatic rings. The van der Waals surface area contributed by atoms with Crippen molar-refractivity contribution in [2.75, 3.05) is 18.5 Å². The molecule has 16 heavy (non-hydrogen) atoms. The molecule has 3 N–H and O–H groups in total. The molecular weight excluding hydrogens is 214 g/mol. The molecule has 1 heterocycles. The summed E-state index contributed by atoms with van der Waals surface area (Å²) in [6, 6.07) is 0. The molecule has 0 aliphatic rings. The number of hydrogen-bond donors (Lipinski definition) is 3. The highest BCUT2D eigenvalue weighted by atomic mass is 16.5. The average Bonchev–Trinajstić information content (AvgIpc) is 2.27. The Morgan fingerprint density at radius 1 is 1.56 bits per heavy atom. The summed E-state index contributed by atoms with van der Waals surface area (Å²) in [7, 11) is 0. The average molecular weight is 227 g/mol. The Labute approximate surface area is 92.1 Å². The van der Waals surface area contributed by atoms with Crippen molar-refractivity contribution in [3.05, 3.63) is 12.4 Å². The summed E-state index contributed by atoms with van der Waals surface area (Å²) in [6.07, 6.45) is 1.70. The van der Waals surface area contributed by atoms with Crippen LogP contribution in [0.15, 0.2) is 12.4 Å². The fraction of sp³-hybridized carbons (Fsp3) is 0.444. The van der Waals surface area contributed by atoms with E-state index < -0.39 is 6.10 Å². The van der Waals surface area contributed by atoms with Crippen molar-refractivity contribution in [3.63, 3.8) is 0 Å². The third-order valence-corrected chi connectivity index (χ3v) is 1.57. The van der Waals surface area contributed by atoms with Crippen LogP contribution >= 0.6 is 0 Å². The Bertz CT molecular complexity index is 341. The van der Waals surface area contributed by atoms with Gasteiger partial charge in [-0.25, -0.2) is 9.97 Å². The number of anilines is 1. The fourth-order valence-corrected chi connectivity index (χ4v) is 0.870. The van der Waals surface area contributed by atoms with Crippen LogP contribution in [0, 0.1) is 0 Å². The van der Waals surface area contributed by atoms with Gasteiger partial charge in [0.2, 0.25) is 11.8 Å². The third kappa shape index (κ3) is 4.20. The summed E-state index contributed by atoms with van der Waals surface area (Å²) >= 11 is 0. The molecule has 0 saturated heterocycles. The van der Waals surface area contributed by atoms with Crippen LogP contribution in [-0.4, -0.2) is 45.4 Å². The van der Waals surface area contributed by atoms with Gasteiger partial charge in [-0.15, -0.1) is 0 Å². The Morgan fingerprint density at radius 3 is 2.81 bits per heavy atom. The first-order valence-corrected chi connectivity index (χ1v) is 4.63. The molecule has 1 rings (SSSR count). The van der Waals surface area contributed by atoms with E-state index in [1.54, 1.807) is 0 Å². The molecule has 1 aromatic heterocycles. The van der Waals surface area contributed by atoms with Crippen molar-refractivity contribution in [3.8, 4) is 5.88 Å². The summed E-state index contributed by atoms with van der Waals surface area (Å²) in [5.74, 6) is 0.294. The molecule has 0 fully saturated rings. The van der Waals surface area contributed by atoms with Crippen LogP contribution in [0.25, 0.3) is 0 Å². The zero-order valence-corrected chi connectivity index (χ0v) is 8.75. The summed E-state index contributed by atoms with van der Waals surface area (Å²) in [4.78, 5) is 18.4. The monoisotopic (exact) mass is 227 g/mol. The molecule has 0 radical (unpaired) electrons. The van der Waals surface area contributed by atoms with Crippen molar-refractivity contribution in [2.24, 2.45) is 0 Å². The number of aromatic nitrogens is 2. The number of nitrogens with zero attached hydrogens (tertiary/aromatic N) is 2. The lowest BCUT2D eigenvalue weighted by Crippen LogP contribution is -2.21. The molecule has 0 aromatic carbocycles. The molecule has 88 valence electrons. The molecule has 1 amide bonds. The van der Waals surface area contributed by atoms with Gasteiger partial charge < -0.3 is 20.3 Å². The van der Waals surface area contributed by atoms with E-state index in [9.17, 15) is 4.79 Å². The van der Waals surface area contributed by atoms with Gasteiger partial charge in [-0.2, -0.15) is 0 Å². The minimum absolute atomic E-state index is 0.0648. The zero-order chi connectivity index (χ0) is 12.0. The van der Waals surface area contributed by atoms with Crippen LogP contribution in [0.2, 0.25) is 0 Å². The molecule has 0 spiro atoms. The summed E-state index contributed by atoms with van der Waals surface area (Å²) in [5, 5.41) is 20.0. The Balaban J connectivity index is 2.48. The van der Waals surface area contributed by atoms with Gasteiger partial charge in [0, 0.05) is 6.92 Å². The first kappa shape index (κ1) is 12.3. The second-order valence-electron chi connectivity index (χ2n) is 3.07. The number of aliphatic hydroxyl groups excluding tert-OH is 2. The molecule has 0 bridgehead atoms. The second-order valence-corrected chi connectivity index (χ2v) is 3.07. The van der Waals surface area contributed by atoms with Gasteiger partial charge in [0.15, 0.2) is 5.82 Å². The van der Waals surface area contributed by atoms with Crippen molar-refractivity contribution >= 4 is 11.7 Å². The Morgan fingerprint density at radius 2 is 2.31 bits per heavy atom. The van der Waals surface area contributed by atoms with Gasteiger partial charge in [-0.1, -0.05) is 0 Å². The maximum Gasteiger partial charge on any atom is 0.232 e. The number of rotatable bonds is 5. The Kier molecular flexibility index (Phi) is 4.62. The Hall–Kier alpha value is -1.73. The second kappa shape index (κ2) is 5.99. The number of aliphatic hydroxyl groups is 2. The largest absolute Gasteiger partial charge is 0.474 e. The van der Waals surface area contributed by atoms with Crippen LogP contribution in [-0.2, 0) is 4.79 Å². The maximum atomic E-state index is 10.7. The number of carbonyl (C=O) groups is 1. The topological polar surface area (TPSA) is 105 Å². The van der Waals surface area contributed by atoms with Crippen LogP contribution < -0.4 is 10.1 Å². The SMILES string of the molecule is CC(=O)Nc1cnc(OCC(O)CO)cn1.